The molecule has 28 heavy (non-hydrogen) atoms. The minimum Gasteiger partial charge on any atom is -0.368 e. The molecule has 4 rings (SSSR count). The maximum Gasteiger partial charge on any atom is 0.147 e. The number of rotatable bonds is 5. The minimum absolute atomic E-state index is 0.375. The second kappa shape index (κ2) is 8.40. The first-order chi connectivity index (χ1) is 13.7. The molecule has 0 saturated carbocycles. The van der Waals surface area contributed by atoms with Crippen LogP contribution in [-0.2, 0) is 11.2 Å². The van der Waals surface area contributed by atoms with Crippen molar-refractivity contribution in [3.05, 3.63) is 71.5 Å². The van der Waals surface area contributed by atoms with Gasteiger partial charge < -0.3 is 14.6 Å². The van der Waals surface area contributed by atoms with Gasteiger partial charge in [-0.2, -0.15) is 0 Å². The number of carbonyl (C=O) groups excluding carboxylic acids is 1. The van der Waals surface area contributed by atoms with Crippen LogP contribution < -0.4 is 9.80 Å². The number of aldehydes is 1. The van der Waals surface area contributed by atoms with Crippen molar-refractivity contribution < 1.29 is 4.79 Å². The van der Waals surface area contributed by atoms with E-state index in [0.717, 1.165) is 65.8 Å². The fourth-order valence-corrected chi connectivity index (χ4v) is 3.73. The van der Waals surface area contributed by atoms with Crippen molar-refractivity contribution in [1.29, 1.82) is 0 Å². The molecule has 6 heteroatoms. The van der Waals surface area contributed by atoms with Gasteiger partial charge in [0, 0.05) is 48.9 Å². The van der Waals surface area contributed by atoms with Gasteiger partial charge in [-0.1, -0.05) is 41.9 Å². The zero-order valence-corrected chi connectivity index (χ0v) is 16.2. The summed E-state index contributed by atoms with van der Waals surface area (Å²) in [5.74, 6) is 0.865. The van der Waals surface area contributed by atoms with Crippen molar-refractivity contribution >= 4 is 29.4 Å². The molecule has 1 aliphatic heterocycles. The molecule has 0 aliphatic carbocycles. The normalized spacial score (nSPS) is 14.2. The lowest BCUT2D eigenvalue weighted by molar-refractivity contribution is -0.107. The fourth-order valence-electron chi connectivity index (χ4n) is 3.54. The van der Waals surface area contributed by atoms with E-state index in [0.29, 0.717) is 6.42 Å². The molecule has 1 aliphatic rings. The summed E-state index contributed by atoms with van der Waals surface area (Å²) in [6.07, 6.45) is 4.86. The molecule has 142 valence electrons. The molecule has 5 nitrogen and oxygen atoms in total. The van der Waals surface area contributed by atoms with E-state index < -0.39 is 0 Å². The maximum atomic E-state index is 11.0. The van der Waals surface area contributed by atoms with E-state index in [9.17, 15) is 4.79 Å². The number of halogens is 1. The first-order valence-electron chi connectivity index (χ1n) is 9.34. The summed E-state index contributed by atoms with van der Waals surface area (Å²) in [6, 6.07) is 15.8. The minimum atomic E-state index is 0.375. The predicted octanol–water partition coefficient (Wildman–Crippen LogP) is 3.87. The van der Waals surface area contributed by atoms with Crippen molar-refractivity contribution in [2.24, 2.45) is 0 Å². The third-order valence-electron chi connectivity index (χ3n) is 5.00. The molecule has 1 fully saturated rings. The van der Waals surface area contributed by atoms with Crippen molar-refractivity contribution in [2.75, 3.05) is 36.0 Å². The molecule has 0 radical (unpaired) electrons. The fraction of sp³-hybridized carbons (Fsp3) is 0.227. The highest BCUT2D eigenvalue weighted by molar-refractivity contribution is 6.30. The van der Waals surface area contributed by atoms with Gasteiger partial charge in [0.05, 0.1) is 18.1 Å². The van der Waals surface area contributed by atoms with Crippen LogP contribution >= 0.6 is 11.6 Å². The topological polar surface area (TPSA) is 49.3 Å². The number of anilines is 2. The SMILES string of the molecule is O=CCc1ccccc1-c1cncc(N2CCN(c3cccc(Cl)c3)CC2)n1. The molecule has 1 saturated heterocycles. The van der Waals surface area contributed by atoms with Crippen LogP contribution in [0.5, 0.6) is 0 Å². The van der Waals surface area contributed by atoms with Crippen molar-refractivity contribution in [2.45, 2.75) is 6.42 Å². The summed E-state index contributed by atoms with van der Waals surface area (Å²) in [5.41, 5.74) is 3.87. The molecule has 1 aromatic heterocycles. The van der Waals surface area contributed by atoms with Gasteiger partial charge >= 0.3 is 0 Å². The first-order valence-corrected chi connectivity index (χ1v) is 9.72. The second-order valence-electron chi connectivity index (χ2n) is 6.74. The molecule has 2 heterocycles. The molecule has 3 aromatic rings. The summed E-state index contributed by atoms with van der Waals surface area (Å²) < 4.78 is 0. The van der Waals surface area contributed by atoms with Gasteiger partial charge in [-0.3, -0.25) is 4.98 Å². The molecule has 0 atom stereocenters. The van der Waals surface area contributed by atoms with E-state index >= 15 is 0 Å². The van der Waals surface area contributed by atoms with Crippen LogP contribution in [0.15, 0.2) is 60.9 Å². The standard InChI is InChI=1S/C22H21ClN4O/c23-18-5-3-6-19(14-18)26-9-11-27(12-10-26)22-16-24-15-21(25-22)20-7-2-1-4-17(20)8-13-28/h1-7,13-16H,8-12H2. The van der Waals surface area contributed by atoms with Crippen LogP contribution in [-0.4, -0.2) is 42.4 Å². The molecule has 0 bridgehead atoms. The van der Waals surface area contributed by atoms with Crippen molar-refractivity contribution in [1.82, 2.24) is 9.97 Å². The Balaban J connectivity index is 1.51. The van der Waals surface area contributed by atoms with Crippen molar-refractivity contribution in [3.8, 4) is 11.3 Å². The Morgan fingerprint density at radius 1 is 0.964 bits per heavy atom. The summed E-state index contributed by atoms with van der Waals surface area (Å²) in [4.78, 5) is 24.8. The molecule has 2 aromatic carbocycles. The Labute approximate surface area is 169 Å². The lowest BCUT2D eigenvalue weighted by Gasteiger charge is -2.36. The average Bonchev–Trinajstić information content (AvgIpc) is 2.75. The number of carbonyl (C=O) groups is 1. The van der Waals surface area contributed by atoms with E-state index in [1.165, 1.54) is 0 Å². The quantitative estimate of drug-likeness (QED) is 0.617. The van der Waals surface area contributed by atoms with E-state index in [4.69, 9.17) is 16.6 Å². The third-order valence-corrected chi connectivity index (χ3v) is 5.23. The van der Waals surface area contributed by atoms with Crippen molar-refractivity contribution in [3.63, 3.8) is 0 Å². The van der Waals surface area contributed by atoms with E-state index in [2.05, 4.69) is 20.9 Å². The summed E-state index contributed by atoms with van der Waals surface area (Å²) >= 11 is 6.12. The Bertz CT molecular complexity index is 970. The number of hydrogen-bond acceptors (Lipinski definition) is 5. The highest BCUT2D eigenvalue weighted by Gasteiger charge is 2.19. The monoisotopic (exact) mass is 392 g/mol. The Morgan fingerprint density at radius 2 is 1.75 bits per heavy atom. The number of piperazine rings is 1. The number of hydrogen-bond donors (Lipinski definition) is 0. The van der Waals surface area contributed by atoms with Gasteiger partial charge in [-0.15, -0.1) is 0 Å². The summed E-state index contributed by atoms with van der Waals surface area (Å²) in [7, 11) is 0. The Kier molecular flexibility index (Phi) is 5.53. The van der Waals surface area contributed by atoms with Gasteiger partial charge in [0.15, 0.2) is 0 Å². The number of aromatic nitrogens is 2. The Hall–Kier alpha value is -2.92. The van der Waals surface area contributed by atoms with Crippen LogP contribution in [0, 0.1) is 0 Å². The summed E-state index contributed by atoms with van der Waals surface area (Å²) in [5, 5.41) is 0.757. The molecule has 0 N–H and O–H groups in total. The van der Waals surface area contributed by atoms with Gasteiger partial charge in [0.25, 0.3) is 0 Å². The Morgan fingerprint density at radius 3 is 2.54 bits per heavy atom. The molecule has 0 amide bonds. The number of nitrogens with zero attached hydrogens (tertiary/aromatic N) is 4. The lowest BCUT2D eigenvalue weighted by atomic mass is 10.0. The van der Waals surface area contributed by atoms with Crippen LogP contribution in [0.2, 0.25) is 5.02 Å². The van der Waals surface area contributed by atoms with E-state index in [-0.39, 0.29) is 0 Å². The van der Waals surface area contributed by atoms with Crippen LogP contribution in [0.3, 0.4) is 0 Å². The second-order valence-corrected chi connectivity index (χ2v) is 7.18. The zero-order chi connectivity index (χ0) is 19.3. The van der Waals surface area contributed by atoms with Gasteiger partial charge in [0.1, 0.15) is 12.1 Å². The first kappa shape index (κ1) is 18.4. The van der Waals surface area contributed by atoms with E-state index in [1.807, 2.05) is 42.5 Å². The molecular weight excluding hydrogens is 372 g/mol. The van der Waals surface area contributed by atoms with Gasteiger partial charge in [-0.05, 0) is 23.8 Å². The maximum absolute atomic E-state index is 11.0. The molecular formula is C22H21ClN4O. The zero-order valence-electron chi connectivity index (χ0n) is 15.5. The smallest absolute Gasteiger partial charge is 0.147 e. The highest BCUT2D eigenvalue weighted by atomic mass is 35.5. The van der Waals surface area contributed by atoms with E-state index in [1.54, 1.807) is 12.4 Å². The lowest BCUT2D eigenvalue weighted by Crippen LogP contribution is -2.46. The largest absolute Gasteiger partial charge is 0.368 e. The van der Waals surface area contributed by atoms with Crippen LogP contribution in [0.4, 0.5) is 11.5 Å². The average molecular weight is 393 g/mol. The van der Waals surface area contributed by atoms with Crippen LogP contribution in [0.25, 0.3) is 11.3 Å². The van der Waals surface area contributed by atoms with Gasteiger partial charge in [0.2, 0.25) is 0 Å². The number of benzene rings is 2. The highest BCUT2D eigenvalue weighted by Crippen LogP contribution is 2.25. The van der Waals surface area contributed by atoms with Crippen LogP contribution in [0.1, 0.15) is 5.56 Å². The molecule has 0 unspecified atom stereocenters. The van der Waals surface area contributed by atoms with Gasteiger partial charge in [-0.25, -0.2) is 4.98 Å². The molecule has 0 spiro atoms. The predicted molar refractivity (Wildman–Crippen MR) is 113 cm³/mol. The third kappa shape index (κ3) is 3.99. The summed E-state index contributed by atoms with van der Waals surface area (Å²) in [6.45, 7) is 3.52.